The summed E-state index contributed by atoms with van der Waals surface area (Å²) in [7, 11) is 0. The molecule has 6 nitrogen and oxygen atoms in total. The van der Waals surface area contributed by atoms with E-state index >= 15 is 0 Å². The molecule has 2 saturated heterocycles. The first kappa shape index (κ1) is 19.1. The summed E-state index contributed by atoms with van der Waals surface area (Å²) in [4.78, 5) is 32.1. The largest absolute Gasteiger partial charge is 0.399 e. The lowest BCUT2D eigenvalue weighted by Gasteiger charge is -2.38. The Labute approximate surface area is 167 Å². The molecule has 2 aliphatic heterocycles. The van der Waals surface area contributed by atoms with Gasteiger partial charge in [-0.15, -0.1) is 0 Å². The van der Waals surface area contributed by atoms with Crippen molar-refractivity contribution in [1.29, 1.82) is 0 Å². The highest BCUT2D eigenvalue weighted by molar-refractivity contribution is 6.01. The number of piperazine rings is 1. The van der Waals surface area contributed by atoms with Crippen molar-refractivity contribution in [2.24, 2.45) is 5.92 Å². The highest BCUT2D eigenvalue weighted by Crippen LogP contribution is 2.29. The molecule has 2 N–H and O–H groups in total. The molecule has 0 radical (unpaired) electrons. The third kappa shape index (κ3) is 3.96. The molecule has 0 atom stereocenters. The topological polar surface area (TPSA) is 69.9 Å². The summed E-state index contributed by atoms with van der Waals surface area (Å²) >= 11 is 0. The van der Waals surface area contributed by atoms with E-state index in [2.05, 4.69) is 4.90 Å². The minimum absolute atomic E-state index is 0.0893. The number of amides is 2. The summed E-state index contributed by atoms with van der Waals surface area (Å²) in [5.41, 5.74) is 8.30. The number of nitrogens with zero attached hydrogens (tertiary/aromatic N) is 3. The molecule has 0 aromatic heterocycles. The summed E-state index contributed by atoms with van der Waals surface area (Å²) < 4.78 is 0. The SMILES string of the molecule is Nc1ccc(N2CCN(C(=O)C3CCCC3)CC2)c(C(=O)N2CCCCC2)c1. The Morgan fingerprint density at radius 3 is 2.18 bits per heavy atom. The highest BCUT2D eigenvalue weighted by Gasteiger charge is 2.31. The molecular formula is C22H32N4O2. The lowest BCUT2D eigenvalue weighted by molar-refractivity contribution is -0.135. The Kier molecular flexibility index (Phi) is 5.74. The summed E-state index contributed by atoms with van der Waals surface area (Å²) in [5, 5.41) is 0. The number of hydrogen-bond donors (Lipinski definition) is 1. The minimum Gasteiger partial charge on any atom is -0.399 e. The molecule has 2 amide bonds. The van der Waals surface area contributed by atoms with E-state index < -0.39 is 0 Å². The van der Waals surface area contributed by atoms with E-state index in [0.29, 0.717) is 17.2 Å². The van der Waals surface area contributed by atoms with Gasteiger partial charge in [-0.3, -0.25) is 9.59 Å². The van der Waals surface area contributed by atoms with Crippen LogP contribution in [-0.2, 0) is 4.79 Å². The quantitative estimate of drug-likeness (QED) is 0.814. The Hall–Kier alpha value is -2.24. The Bertz CT molecular complexity index is 715. The predicted octanol–water partition coefficient (Wildman–Crippen LogP) is 2.73. The number of benzene rings is 1. The first-order valence-electron chi connectivity index (χ1n) is 10.9. The Balaban J connectivity index is 1.46. The van der Waals surface area contributed by atoms with Gasteiger partial charge in [0, 0.05) is 56.6 Å². The van der Waals surface area contributed by atoms with E-state index in [1.165, 1.54) is 19.3 Å². The fraction of sp³-hybridized carbons (Fsp3) is 0.636. The molecule has 2 heterocycles. The van der Waals surface area contributed by atoms with Gasteiger partial charge in [0.25, 0.3) is 5.91 Å². The monoisotopic (exact) mass is 384 g/mol. The van der Waals surface area contributed by atoms with Gasteiger partial charge < -0.3 is 20.4 Å². The molecule has 1 aromatic carbocycles. The van der Waals surface area contributed by atoms with Gasteiger partial charge in [-0.2, -0.15) is 0 Å². The van der Waals surface area contributed by atoms with Crippen LogP contribution >= 0.6 is 0 Å². The van der Waals surface area contributed by atoms with Crippen molar-refractivity contribution < 1.29 is 9.59 Å². The molecule has 1 saturated carbocycles. The van der Waals surface area contributed by atoms with Crippen LogP contribution in [0.25, 0.3) is 0 Å². The zero-order chi connectivity index (χ0) is 19.5. The van der Waals surface area contributed by atoms with Crippen molar-refractivity contribution in [3.63, 3.8) is 0 Å². The third-order valence-electron chi connectivity index (χ3n) is 6.53. The number of carbonyl (C=O) groups is 2. The van der Waals surface area contributed by atoms with Gasteiger partial charge in [-0.25, -0.2) is 0 Å². The second-order valence-electron chi connectivity index (χ2n) is 8.42. The predicted molar refractivity (Wildman–Crippen MR) is 111 cm³/mol. The summed E-state index contributed by atoms with van der Waals surface area (Å²) in [6.45, 7) is 4.66. The van der Waals surface area contributed by atoms with Crippen LogP contribution in [0.5, 0.6) is 0 Å². The molecule has 28 heavy (non-hydrogen) atoms. The third-order valence-corrected chi connectivity index (χ3v) is 6.53. The van der Waals surface area contributed by atoms with Crippen molar-refractivity contribution in [2.75, 3.05) is 49.9 Å². The highest BCUT2D eigenvalue weighted by atomic mass is 16.2. The van der Waals surface area contributed by atoms with Crippen LogP contribution in [0.2, 0.25) is 0 Å². The van der Waals surface area contributed by atoms with Crippen molar-refractivity contribution in [3.8, 4) is 0 Å². The van der Waals surface area contributed by atoms with Crippen LogP contribution in [0.4, 0.5) is 11.4 Å². The second-order valence-corrected chi connectivity index (χ2v) is 8.42. The molecule has 3 aliphatic rings. The number of rotatable bonds is 3. The number of nitrogen functional groups attached to an aromatic ring is 1. The fourth-order valence-electron chi connectivity index (χ4n) is 4.87. The molecule has 0 unspecified atom stereocenters. The second kappa shape index (κ2) is 8.41. The molecule has 152 valence electrons. The standard InChI is InChI=1S/C22H32N4O2/c23-18-8-9-20(19(16-18)22(28)25-10-4-1-5-11-25)24-12-14-26(15-13-24)21(27)17-6-2-3-7-17/h8-9,16-17H,1-7,10-15,23H2. The normalized spacial score (nSPS) is 21.2. The molecule has 1 aromatic rings. The smallest absolute Gasteiger partial charge is 0.256 e. The van der Waals surface area contributed by atoms with Gasteiger partial charge in [0.15, 0.2) is 0 Å². The van der Waals surface area contributed by atoms with E-state index in [9.17, 15) is 9.59 Å². The molecule has 0 spiro atoms. The van der Waals surface area contributed by atoms with E-state index in [1.54, 1.807) is 0 Å². The zero-order valence-corrected chi connectivity index (χ0v) is 16.7. The van der Waals surface area contributed by atoms with E-state index in [0.717, 1.165) is 70.6 Å². The van der Waals surface area contributed by atoms with Gasteiger partial charge in [-0.1, -0.05) is 12.8 Å². The van der Waals surface area contributed by atoms with Crippen LogP contribution in [0.3, 0.4) is 0 Å². The average Bonchev–Trinajstić information content (AvgIpc) is 3.28. The number of hydrogen-bond acceptors (Lipinski definition) is 4. The van der Waals surface area contributed by atoms with Crippen molar-refractivity contribution in [2.45, 2.75) is 44.9 Å². The van der Waals surface area contributed by atoms with Crippen LogP contribution in [-0.4, -0.2) is 60.9 Å². The molecule has 0 bridgehead atoms. The zero-order valence-electron chi connectivity index (χ0n) is 16.7. The fourth-order valence-corrected chi connectivity index (χ4v) is 4.87. The van der Waals surface area contributed by atoms with Crippen LogP contribution in [0.15, 0.2) is 18.2 Å². The average molecular weight is 385 g/mol. The maximum Gasteiger partial charge on any atom is 0.256 e. The summed E-state index contributed by atoms with van der Waals surface area (Å²) in [6.07, 6.45) is 7.81. The Morgan fingerprint density at radius 2 is 1.50 bits per heavy atom. The number of piperidine rings is 1. The minimum atomic E-state index is 0.0893. The lowest BCUT2D eigenvalue weighted by Crippen LogP contribution is -2.50. The van der Waals surface area contributed by atoms with Crippen LogP contribution in [0, 0.1) is 5.92 Å². The van der Waals surface area contributed by atoms with E-state index in [-0.39, 0.29) is 11.8 Å². The number of carbonyl (C=O) groups excluding carboxylic acids is 2. The first-order valence-corrected chi connectivity index (χ1v) is 10.9. The Morgan fingerprint density at radius 1 is 0.821 bits per heavy atom. The molecule has 4 rings (SSSR count). The maximum atomic E-state index is 13.1. The first-order chi connectivity index (χ1) is 13.6. The van der Waals surface area contributed by atoms with Crippen LogP contribution < -0.4 is 10.6 Å². The van der Waals surface area contributed by atoms with Crippen molar-refractivity contribution in [1.82, 2.24) is 9.80 Å². The molecular weight excluding hydrogens is 352 g/mol. The molecule has 6 heteroatoms. The van der Waals surface area contributed by atoms with Gasteiger partial charge >= 0.3 is 0 Å². The van der Waals surface area contributed by atoms with Gasteiger partial charge in [0.1, 0.15) is 0 Å². The van der Waals surface area contributed by atoms with E-state index in [1.807, 2.05) is 28.0 Å². The summed E-state index contributed by atoms with van der Waals surface area (Å²) in [6, 6.07) is 5.67. The van der Waals surface area contributed by atoms with E-state index in [4.69, 9.17) is 5.73 Å². The number of likely N-dealkylation sites (tertiary alicyclic amines) is 1. The van der Waals surface area contributed by atoms with Gasteiger partial charge in [-0.05, 0) is 50.3 Å². The number of nitrogens with two attached hydrogens (primary N) is 1. The van der Waals surface area contributed by atoms with Crippen molar-refractivity contribution in [3.05, 3.63) is 23.8 Å². The molecule has 3 fully saturated rings. The number of anilines is 2. The maximum absolute atomic E-state index is 13.1. The van der Waals surface area contributed by atoms with Crippen molar-refractivity contribution >= 4 is 23.2 Å². The summed E-state index contributed by atoms with van der Waals surface area (Å²) in [5.74, 6) is 0.657. The van der Waals surface area contributed by atoms with Crippen LogP contribution in [0.1, 0.15) is 55.3 Å². The lowest BCUT2D eigenvalue weighted by atomic mass is 10.0. The van der Waals surface area contributed by atoms with Gasteiger partial charge in [0.2, 0.25) is 5.91 Å². The van der Waals surface area contributed by atoms with Gasteiger partial charge in [0.05, 0.1) is 5.56 Å². The molecule has 1 aliphatic carbocycles.